The third-order valence-electron chi connectivity index (χ3n) is 18.1. The number of anilines is 2. The topological polar surface area (TPSA) is 214 Å². The number of nitro benzene ring substituents is 1. The second-order valence-corrected chi connectivity index (χ2v) is 25.5. The van der Waals surface area contributed by atoms with Gasteiger partial charge in [0.2, 0.25) is 6.79 Å². The second kappa shape index (κ2) is 21.5. The molecule has 18 nitrogen and oxygen atoms in total. The van der Waals surface area contributed by atoms with Crippen LogP contribution in [0.25, 0.3) is 11.0 Å². The summed E-state index contributed by atoms with van der Waals surface area (Å²) in [5.41, 5.74) is 5.76. The minimum Gasteiger partial charge on any atom is -0.496 e. The predicted octanol–water partition coefficient (Wildman–Crippen LogP) is 10.8. The number of nitrogens with zero attached hydrogens (tertiary/aromatic N) is 5. The van der Waals surface area contributed by atoms with Crippen LogP contribution in [0.1, 0.15) is 135 Å². The van der Waals surface area contributed by atoms with Crippen molar-refractivity contribution in [1.29, 1.82) is 0 Å². The quantitative estimate of drug-likeness (QED) is 0.0494. The van der Waals surface area contributed by atoms with Gasteiger partial charge in [0.25, 0.3) is 21.6 Å². The highest BCUT2D eigenvalue weighted by molar-refractivity contribution is 7.90. The number of piperidine rings is 1. The summed E-state index contributed by atoms with van der Waals surface area (Å²) in [5, 5.41) is 26.9. The number of hydrogen-bond acceptors (Lipinski definition) is 15. The molecule has 2 saturated heterocycles. The Kier molecular flexibility index (Phi) is 14.4. The number of rotatable bonds is 17. The maximum atomic E-state index is 14.4. The molecule has 80 heavy (non-hydrogen) atoms. The zero-order chi connectivity index (χ0) is 55.5. The molecule has 2 aromatic heterocycles. The van der Waals surface area contributed by atoms with Gasteiger partial charge >= 0.3 is 0 Å². The molecule has 4 N–H and O–H groups in total. The molecule has 5 fully saturated rings. The van der Waals surface area contributed by atoms with Crippen LogP contribution < -0.4 is 33.9 Å². The number of ether oxygens (including phenoxy) is 4. The average molecular weight is 1110 g/mol. The van der Waals surface area contributed by atoms with Gasteiger partial charge in [0, 0.05) is 87.3 Å². The molecule has 0 bridgehead atoms. The van der Waals surface area contributed by atoms with Crippen LogP contribution in [0, 0.1) is 21.4 Å². The van der Waals surface area contributed by atoms with Gasteiger partial charge in [-0.3, -0.25) is 24.7 Å². The van der Waals surface area contributed by atoms with E-state index in [0.717, 1.165) is 87.8 Å². The van der Waals surface area contributed by atoms with E-state index >= 15 is 0 Å². The summed E-state index contributed by atoms with van der Waals surface area (Å²) >= 11 is 0. The van der Waals surface area contributed by atoms with E-state index in [1.165, 1.54) is 41.3 Å². The number of carbonyl (C=O) groups is 1. The van der Waals surface area contributed by atoms with Gasteiger partial charge in [0.05, 0.1) is 29.4 Å². The highest BCUT2D eigenvalue weighted by Gasteiger charge is 2.50. The van der Waals surface area contributed by atoms with Crippen LogP contribution in [-0.4, -0.2) is 109 Å². The number of piperazine rings is 1. The van der Waals surface area contributed by atoms with Crippen LogP contribution in [-0.2, 0) is 16.6 Å². The molecule has 4 aromatic carbocycles. The number of hydrogen-bond donors (Lipinski definition) is 4. The maximum Gasteiger partial charge on any atom is 0.297 e. The largest absolute Gasteiger partial charge is 0.496 e. The van der Waals surface area contributed by atoms with Crippen molar-refractivity contribution in [2.24, 2.45) is 11.3 Å². The summed E-state index contributed by atoms with van der Waals surface area (Å²) in [4.78, 5) is 40.9. The van der Waals surface area contributed by atoms with Gasteiger partial charge in [-0.25, -0.2) is 18.1 Å². The Morgan fingerprint density at radius 2 is 1.70 bits per heavy atom. The summed E-state index contributed by atoms with van der Waals surface area (Å²) in [7, 11) is -3.03. The van der Waals surface area contributed by atoms with Crippen LogP contribution in [0.2, 0.25) is 0 Å². The fraction of sp³-hybridized carbons (Fsp3) is 0.475. The van der Waals surface area contributed by atoms with Crippen LogP contribution in [0.15, 0.2) is 96.2 Å². The first-order valence-corrected chi connectivity index (χ1v) is 29.9. The Balaban J connectivity index is 0.751. The van der Waals surface area contributed by atoms with Crippen molar-refractivity contribution in [3.05, 3.63) is 129 Å². The number of methoxy groups -OCH3 is 1. The predicted molar refractivity (Wildman–Crippen MR) is 305 cm³/mol. The Labute approximate surface area is 467 Å². The zero-order valence-electron chi connectivity index (χ0n) is 46.0. The van der Waals surface area contributed by atoms with Crippen molar-refractivity contribution >= 4 is 44.0 Å². The summed E-state index contributed by atoms with van der Waals surface area (Å²) in [5.74, 6) is 1.23. The molecule has 6 aliphatic rings. The number of aromatic nitrogens is 2. The van der Waals surface area contributed by atoms with Crippen molar-refractivity contribution in [2.45, 2.75) is 126 Å². The Hall–Kier alpha value is -6.93. The number of carbonyl (C=O) groups excluding carboxylic acids is 1. The summed E-state index contributed by atoms with van der Waals surface area (Å²) in [6.07, 6.45) is 12.6. The molecule has 3 saturated carbocycles. The van der Waals surface area contributed by atoms with E-state index in [1.54, 1.807) is 38.4 Å². The lowest BCUT2D eigenvalue weighted by atomic mass is 9.59. The van der Waals surface area contributed by atoms with Crippen molar-refractivity contribution in [3.8, 4) is 28.7 Å². The summed E-state index contributed by atoms with van der Waals surface area (Å²) in [6, 6.07) is 26.3. The molecule has 6 aromatic rings. The number of amides is 1. The van der Waals surface area contributed by atoms with E-state index in [4.69, 9.17) is 18.9 Å². The molecule has 1 amide bonds. The molecular weight excluding hydrogens is 1040 g/mol. The van der Waals surface area contributed by atoms with E-state index in [0.29, 0.717) is 61.5 Å². The van der Waals surface area contributed by atoms with Gasteiger partial charge in [-0.1, -0.05) is 50.2 Å². The molecule has 0 radical (unpaired) electrons. The van der Waals surface area contributed by atoms with E-state index in [2.05, 4.69) is 91.0 Å². The van der Waals surface area contributed by atoms with Gasteiger partial charge in [0.15, 0.2) is 17.2 Å². The van der Waals surface area contributed by atoms with Gasteiger partial charge in [-0.15, -0.1) is 0 Å². The number of H-pyrrole nitrogens is 1. The molecule has 3 aliphatic heterocycles. The molecule has 1 spiro atoms. The van der Waals surface area contributed by atoms with E-state index in [1.807, 2.05) is 12.1 Å². The van der Waals surface area contributed by atoms with Gasteiger partial charge in [-0.2, -0.15) is 0 Å². The van der Waals surface area contributed by atoms with Gasteiger partial charge < -0.3 is 39.3 Å². The standard InChI is InChI=1S/C61H72N8O10S/c1-38(2)46-7-5-6-8-48(46)51-36-66(35-40-9-13-47(41-10-11-41)52(27-40)76-4)25-26-68(51)44-31-61(32-44)20-23-67(24-21-61)43-12-14-49(53(29-43)79-45-28-42-17-22-62-58(42)64-34-45)59(70)65-80(74,75)54-30-50(69(72)73)55(57-56(54)77-37-78-57)63-33-39-15-18-60(3,71)19-16-39/h5-9,12-14,17,22,27-30,34,38-39,41,44,51,63,71H,10-11,15-16,18-21,23-26,31-33,35-37H2,1-4H3,(H,62,64)(H,65,70)/t39?,51-,60?/m0/s1. The Morgan fingerprint density at radius 1 is 0.925 bits per heavy atom. The third-order valence-corrected chi connectivity index (χ3v) is 19.4. The normalized spacial score (nSPS) is 22.4. The Morgan fingerprint density at radius 3 is 2.45 bits per heavy atom. The van der Waals surface area contributed by atoms with E-state index in [9.17, 15) is 28.4 Å². The van der Waals surface area contributed by atoms with Crippen LogP contribution in [0.3, 0.4) is 0 Å². The molecule has 12 rings (SSSR count). The molecule has 5 heterocycles. The molecule has 3 aliphatic carbocycles. The smallest absolute Gasteiger partial charge is 0.297 e. The van der Waals surface area contributed by atoms with Crippen molar-refractivity contribution < 1.29 is 42.2 Å². The number of aliphatic hydroxyl groups is 1. The average Bonchev–Trinajstić information content (AvgIpc) is 3.99. The van der Waals surface area contributed by atoms with Crippen LogP contribution in [0.4, 0.5) is 17.1 Å². The lowest BCUT2D eigenvalue weighted by molar-refractivity contribution is -0.384. The van der Waals surface area contributed by atoms with Gasteiger partial charge in [-0.05, 0) is 147 Å². The maximum absolute atomic E-state index is 14.4. The number of sulfonamides is 1. The number of benzene rings is 4. The molecule has 1 atom stereocenters. The fourth-order valence-electron chi connectivity index (χ4n) is 13.3. The van der Waals surface area contributed by atoms with Crippen molar-refractivity contribution in [3.63, 3.8) is 0 Å². The first-order chi connectivity index (χ1) is 38.5. The first kappa shape index (κ1) is 53.7. The number of pyridine rings is 1. The molecular formula is C61H72N8O10S. The SMILES string of the molecule is COc1cc(CN2CCN(C3CC4(CCN(c5ccc(C(=O)NS(=O)(=O)c6cc([N+](=O)[O-])c(NCC7CCC(C)(O)CC7)c7c6OCO7)c(Oc6cnc7[nH]ccc7c6)c5)CC4)C3)[C@H](c3ccccc3C(C)C)C2)ccc1C1CC1. The van der Waals surface area contributed by atoms with Crippen molar-refractivity contribution in [2.75, 3.05) is 63.4 Å². The minimum atomic E-state index is -4.82. The second-order valence-electron chi connectivity index (χ2n) is 23.9. The van der Waals surface area contributed by atoms with Crippen LogP contribution in [0.5, 0.6) is 28.7 Å². The number of fused-ring (bicyclic) bond motifs is 2. The molecule has 422 valence electrons. The number of aromatic amines is 1. The van der Waals surface area contributed by atoms with Crippen molar-refractivity contribution in [1.82, 2.24) is 24.5 Å². The highest BCUT2D eigenvalue weighted by Crippen LogP contribution is 2.54. The first-order valence-electron chi connectivity index (χ1n) is 28.4. The fourth-order valence-corrected chi connectivity index (χ4v) is 14.4. The Bertz CT molecular complexity index is 3430. The lowest BCUT2D eigenvalue weighted by Crippen LogP contribution is -2.60. The van der Waals surface area contributed by atoms with Gasteiger partial charge in [0.1, 0.15) is 27.8 Å². The summed E-state index contributed by atoms with van der Waals surface area (Å²) < 4.78 is 54.4. The monoisotopic (exact) mass is 1110 g/mol. The molecule has 19 heteroatoms. The van der Waals surface area contributed by atoms with E-state index in [-0.39, 0.29) is 52.7 Å². The molecule has 0 unspecified atom stereocenters. The van der Waals surface area contributed by atoms with E-state index < -0.39 is 37.0 Å². The highest BCUT2D eigenvalue weighted by atomic mass is 32.2. The van der Waals surface area contributed by atoms with Crippen LogP contribution >= 0.6 is 0 Å². The number of nitro groups is 1. The third kappa shape index (κ3) is 10.9. The summed E-state index contributed by atoms with van der Waals surface area (Å²) in [6.45, 7) is 11.8. The number of nitrogens with one attached hydrogen (secondary N) is 3. The lowest BCUT2D eigenvalue weighted by Gasteiger charge is -2.58. The zero-order valence-corrected chi connectivity index (χ0v) is 46.9. The minimum absolute atomic E-state index is 0.0149.